The zero-order valence-corrected chi connectivity index (χ0v) is 13.0. The van der Waals surface area contributed by atoms with Crippen molar-refractivity contribution < 1.29 is 9.53 Å². The number of nitrogens with zero attached hydrogens (tertiary/aromatic N) is 1. The monoisotopic (exact) mass is 265 g/mol. The van der Waals surface area contributed by atoms with Crippen LogP contribution >= 0.6 is 0 Å². The van der Waals surface area contributed by atoms with E-state index in [1.54, 1.807) is 4.90 Å². The minimum Gasteiger partial charge on any atom is -0.443 e. The molecule has 0 aliphatic carbocycles. The summed E-state index contributed by atoms with van der Waals surface area (Å²) in [5.41, 5.74) is 1.85. The second-order valence-electron chi connectivity index (χ2n) is 5.85. The van der Waals surface area contributed by atoms with Crippen LogP contribution in [0.2, 0.25) is 0 Å². The van der Waals surface area contributed by atoms with Crippen molar-refractivity contribution in [3.63, 3.8) is 0 Å². The molecule has 0 radical (unpaired) electrons. The van der Waals surface area contributed by atoms with Gasteiger partial charge in [0.2, 0.25) is 0 Å². The highest BCUT2D eigenvalue weighted by atomic mass is 16.6. The number of carbonyl (C=O) groups is 1. The molecule has 0 unspecified atom stereocenters. The molecule has 0 fully saturated rings. The molecule has 0 aromatic rings. The highest BCUT2D eigenvalue weighted by Crippen LogP contribution is 2.26. The summed E-state index contributed by atoms with van der Waals surface area (Å²) in [7, 11) is 0. The van der Waals surface area contributed by atoms with Gasteiger partial charge in [0, 0.05) is 12.2 Å². The fraction of sp³-hybridized carbons (Fsp3) is 0.688. The quantitative estimate of drug-likeness (QED) is 0.743. The molecule has 1 rings (SSSR count). The van der Waals surface area contributed by atoms with Crippen LogP contribution in [0.3, 0.4) is 0 Å². The molecule has 3 heteroatoms. The van der Waals surface area contributed by atoms with E-state index in [4.69, 9.17) is 4.74 Å². The molecule has 1 amide bonds. The van der Waals surface area contributed by atoms with Crippen molar-refractivity contribution >= 4 is 6.09 Å². The lowest BCUT2D eigenvalue weighted by molar-refractivity contribution is 0.0307. The standard InChI is InChI=1S/C16H27NO2/c1-6-10-13(7-2)14-11-8-9-12-17(14)15(18)19-16(3,4)5/h10-11H,6-9,12H2,1-5H3/b13-10+. The molecular weight excluding hydrogens is 238 g/mol. The summed E-state index contributed by atoms with van der Waals surface area (Å²) in [4.78, 5) is 14.1. The molecule has 19 heavy (non-hydrogen) atoms. The van der Waals surface area contributed by atoms with Gasteiger partial charge in [0.05, 0.1) is 0 Å². The van der Waals surface area contributed by atoms with E-state index >= 15 is 0 Å². The number of allylic oxidation sites excluding steroid dienone is 3. The molecule has 108 valence electrons. The predicted octanol–water partition coefficient (Wildman–Crippen LogP) is 4.65. The number of rotatable bonds is 3. The van der Waals surface area contributed by atoms with Gasteiger partial charge < -0.3 is 4.74 Å². The lowest BCUT2D eigenvalue weighted by atomic mass is 10.0. The number of hydrogen-bond acceptors (Lipinski definition) is 2. The Morgan fingerprint density at radius 1 is 1.42 bits per heavy atom. The van der Waals surface area contributed by atoms with Gasteiger partial charge in [-0.2, -0.15) is 0 Å². The number of amides is 1. The van der Waals surface area contributed by atoms with Crippen molar-refractivity contribution in [1.29, 1.82) is 0 Å². The highest BCUT2D eigenvalue weighted by Gasteiger charge is 2.27. The zero-order valence-electron chi connectivity index (χ0n) is 13.0. The van der Waals surface area contributed by atoms with E-state index < -0.39 is 5.60 Å². The molecule has 0 bridgehead atoms. The topological polar surface area (TPSA) is 29.5 Å². The van der Waals surface area contributed by atoms with Crippen LogP contribution in [-0.4, -0.2) is 23.1 Å². The van der Waals surface area contributed by atoms with Crippen LogP contribution in [0.25, 0.3) is 0 Å². The van der Waals surface area contributed by atoms with Gasteiger partial charge in [-0.05, 0) is 52.0 Å². The first-order valence-electron chi connectivity index (χ1n) is 7.29. The molecule has 0 N–H and O–H groups in total. The minimum absolute atomic E-state index is 0.228. The van der Waals surface area contributed by atoms with Crippen molar-refractivity contribution in [3.8, 4) is 0 Å². The van der Waals surface area contributed by atoms with Gasteiger partial charge in [0.1, 0.15) is 5.60 Å². The Kier molecular flexibility index (Phi) is 5.64. The van der Waals surface area contributed by atoms with Crippen LogP contribution in [0.5, 0.6) is 0 Å². The normalized spacial score (nSPS) is 17.2. The van der Waals surface area contributed by atoms with Gasteiger partial charge >= 0.3 is 6.09 Å². The maximum Gasteiger partial charge on any atom is 0.414 e. The Labute approximate surface area is 117 Å². The average molecular weight is 265 g/mol. The van der Waals surface area contributed by atoms with E-state index in [9.17, 15) is 4.79 Å². The van der Waals surface area contributed by atoms with Gasteiger partial charge in [0.25, 0.3) is 0 Å². The first-order chi connectivity index (χ1) is 8.89. The highest BCUT2D eigenvalue weighted by molar-refractivity contribution is 5.72. The van der Waals surface area contributed by atoms with Gasteiger partial charge in [-0.3, -0.25) is 4.90 Å². The van der Waals surface area contributed by atoms with Crippen LogP contribution in [0.15, 0.2) is 23.4 Å². The summed E-state index contributed by atoms with van der Waals surface area (Å²) in [6.45, 7) is 10.7. The van der Waals surface area contributed by atoms with Crippen LogP contribution in [0.1, 0.15) is 60.3 Å². The van der Waals surface area contributed by atoms with Crippen LogP contribution < -0.4 is 0 Å². The van der Waals surface area contributed by atoms with Gasteiger partial charge in [-0.25, -0.2) is 4.79 Å². The average Bonchev–Trinajstić information content (AvgIpc) is 2.34. The molecule has 1 aliphatic heterocycles. The Morgan fingerprint density at radius 3 is 2.63 bits per heavy atom. The first kappa shape index (κ1) is 15.8. The number of ether oxygens (including phenoxy) is 1. The minimum atomic E-state index is -0.444. The fourth-order valence-corrected chi connectivity index (χ4v) is 2.21. The van der Waals surface area contributed by atoms with E-state index in [0.29, 0.717) is 0 Å². The second kappa shape index (κ2) is 6.78. The van der Waals surface area contributed by atoms with Gasteiger partial charge in [-0.15, -0.1) is 0 Å². The van der Waals surface area contributed by atoms with Crippen molar-refractivity contribution in [3.05, 3.63) is 23.4 Å². The molecule has 1 aliphatic rings. The van der Waals surface area contributed by atoms with Crippen LogP contribution in [-0.2, 0) is 4.74 Å². The van der Waals surface area contributed by atoms with Gasteiger partial charge in [0.15, 0.2) is 0 Å². The van der Waals surface area contributed by atoms with Gasteiger partial charge in [-0.1, -0.05) is 26.0 Å². The largest absolute Gasteiger partial charge is 0.443 e. The molecule has 0 saturated heterocycles. The molecule has 0 atom stereocenters. The third-order valence-electron chi connectivity index (χ3n) is 2.99. The fourth-order valence-electron chi connectivity index (χ4n) is 2.21. The summed E-state index contributed by atoms with van der Waals surface area (Å²) in [5.74, 6) is 0. The Hall–Kier alpha value is -1.25. The maximum atomic E-state index is 12.3. The summed E-state index contributed by atoms with van der Waals surface area (Å²) in [6.07, 6.45) is 8.12. The third kappa shape index (κ3) is 4.73. The lowest BCUT2D eigenvalue weighted by Gasteiger charge is -2.32. The van der Waals surface area contributed by atoms with Crippen molar-refractivity contribution in [2.45, 2.75) is 65.9 Å². The summed E-state index contributed by atoms with van der Waals surface area (Å²) in [5, 5.41) is 0. The zero-order chi connectivity index (χ0) is 14.5. The van der Waals surface area contributed by atoms with E-state index in [-0.39, 0.29) is 6.09 Å². The predicted molar refractivity (Wildman–Crippen MR) is 78.9 cm³/mol. The molecular formula is C16H27NO2. The SMILES string of the molecule is CC/C=C(\CC)C1=CCCCN1C(=O)OC(C)(C)C. The first-order valence-corrected chi connectivity index (χ1v) is 7.29. The van der Waals surface area contributed by atoms with E-state index in [1.165, 1.54) is 5.57 Å². The third-order valence-corrected chi connectivity index (χ3v) is 2.99. The Balaban J connectivity index is 2.92. The lowest BCUT2D eigenvalue weighted by Crippen LogP contribution is -2.38. The maximum absolute atomic E-state index is 12.3. The van der Waals surface area contributed by atoms with Crippen LogP contribution in [0, 0.1) is 0 Å². The molecule has 0 aromatic carbocycles. The molecule has 0 spiro atoms. The molecule has 3 nitrogen and oxygen atoms in total. The molecule has 1 heterocycles. The molecule has 0 aromatic heterocycles. The van der Waals surface area contributed by atoms with E-state index in [0.717, 1.165) is 37.9 Å². The summed E-state index contributed by atoms with van der Waals surface area (Å²) in [6, 6.07) is 0. The molecule has 0 saturated carbocycles. The Bertz CT molecular complexity index is 375. The van der Waals surface area contributed by atoms with Crippen molar-refractivity contribution in [2.75, 3.05) is 6.54 Å². The smallest absolute Gasteiger partial charge is 0.414 e. The van der Waals surface area contributed by atoms with Crippen molar-refractivity contribution in [1.82, 2.24) is 4.90 Å². The second-order valence-corrected chi connectivity index (χ2v) is 5.85. The van der Waals surface area contributed by atoms with Crippen molar-refractivity contribution in [2.24, 2.45) is 0 Å². The van der Waals surface area contributed by atoms with Crippen LogP contribution in [0.4, 0.5) is 4.79 Å². The summed E-state index contributed by atoms with van der Waals surface area (Å²) >= 11 is 0. The van der Waals surface area contributed by atoms with E-state index in [2.05, 4.69) is 26.0 Å². The van der Waals surface area contributed by atoms with E-state index in [1.807, 2.05) is 20.8 Å². The summed E-state index contributed by atoms with van der Waals surface area (Å²) < 4.78 is 5.50. The Morgan fingerprint density at radius 2 is 2.11 bits per heavy atom. The number of hydrogen-bond donors (Lipinski definition) is 0. The number of carbonyl (C=O) groups excluding carboxylic acids is 1.